The Morgan fingerprint density at radius 2 is 1.76 bits per heavy atom. The summed E-state index contributed by atoms with van der Waals surface area (Å²) in [5.41, 5.74) is 1.01. The van der Waals surface area contributed by atoms with Gasteiger partial charge in [-0.3, -0.25) is 4.79 Å². The third-order valence-corrected chi connectivity index (χ3v) is 5.30. The smallest absolute Gasteiger partial charge is 0.355 e. The van der Waals surface area contributed by atoms with Crippen LogP contribution in [0.5, 0.6) is 17.2 Å². The number of tetrazole rings is 1. The SMILES string of the molecule is CCOc1ccc([C@@H]2C(C(=O)c3ccc(OC)c(OC)c3)=C(C(=O)OC)Nc3nnnn32)cc1. The molecule has 1 aliphatic heterocycles. The number of carbonyl (C=O) groups is 2. The molecule has 34 heavy (non-hydrogen) atoms. The molecule has 0 aliphatic carbocycles. The molecule has 0 radical (unpaired) electrons. The van der Waals surface area contributed by atoms with E-state index in [4.69, 9.17) is 18.9 Å². The molecule has 0 spiro atoms. The molecule has 2 heterocycles. The molecule has 176 valence electrons. The Kier molecular flexibility index (Phi) is 6.44. The summed E-state index contributed by atoms with van der Waals surface area (Å²) in [6.45, 7) is 2.40. The fourth-order valence-corrected chi connectivity index (χ4v) is 3.74. The molecule has 2 aromatic carbocycles. The molecule has 11 nitrogen and oxygen atoms in total. The number of aromatic nitrogens is 4. The maximum atomic E-state index is 13.9. The summed E-state index contributed by atoms with van der Waals surface area (Å²) in [6, 6.07) is 11.1. The first kappa shape index (κ1) is 22.8. The average molecular weight is 465 g/mol. The number of hydrogen-bond donors (Lipinski definition) is 1. The van der Waals surface area contributed by atoms with E-state index >= 15 is 0 Å². The Labute approximate surface area is 195 Å². The van der Waals surface area contributed by atoms with Gasteiger partial charge in [-0.05, 0) is 53.2 Å². The molecule has 11 heteroatoms. The quantitative estimate of drug-likeness (QED) is 0.391. The Bertz CT molecular complexity index is 1250. The molecular weight excluding hydrogens is 442 g/mol. The van der Waals surface area contributed by atoms with Gasteiger partial charge in [-0.1, -0.05) is 17.2 Å². The van der Waals surface area contributed by atoms with Crippen molar-refractivity contribution in [2.75, 3.05) is 33.3 Å². The number of ketones is 1. The molecule has 1 atom stereocenters. The van der Waals surface area contributed by atoms with Crippen LogP contribution in [-0.4, -0.2) is 59.9 Å². The van der Waals surface area contributed by atoms with Crippen LogP contribution in [0.3, 0.4) is 0 Å². The number of rotatable bonds is 8. The molecule has 3 aromatic rings. The van der Waals surface area contributed by atoms with Crippen molar-refractivity contribution in [1.29, 1.82) is 0 Å². The topological polar surface area (TPSA) is 127 Å². The zero-order valence-corrected chi connectivity index (χ0v) is 19.1. The van der Waals surface area contributed by atoms with Gasteiger partial charge in [-0.2, -0.15) is 4.68 Å². The molecular formula is C23H23N5O6. The molecule has 4 rings (SSSR count). The molecule has 1 N–H and O–H groups in total. The van der Waals surface area contributed by atoms with Gasteiger partial charge in [0.25, 0.3) is 0 Å². The van der Waals surface area contributed by atoms with Crippen LogP contribution in [0.25, 0.3) is 0 Å². The minimum atomic E-state index is -0.809. The highest BCUT2D eigenvalue weighted by atomic mass is 16.5. The largest absolute Gasteiger partial charge is 0.494 e. The van der Waals surface area contributed by atoms with Crippen LogP contribution < -0.4 is 19.5 Å². The summed E-state index contributed by atoms with van der Waals surface area (Å²) < 4.78 is 22.6. The first-order valence-electron chi connectivity index (χ1n) is 10.4. The Morgan fingerprint density at radius 3 is 2.41 bits per heavy atom. The highest BCUT2D eigenvalue weighted by Gasteiger charge is 2.38. The van der Waals surface area contributed by atoms with Gasteiger partial charge in [0, 0.05) is 5.56 Å². The number of hydrogen-bond acceptors (Lipinski definition) is 10. The van der Waals surface area contributed by atoms with Crippen molar-refractivity contribution in [3.05, 3.63) is 64.9 Å². The number of ether oxygens (including phenoxy) is 4. The van der Waals surface area contributed by atoms with E-state index in [1.165, 1.54) is 26.0 Å². The number of anilines is 1. The minimum Gasteiger partial charge on any atom is -0.494 e. The van der Waals surface area contributed by atoms with Gasteiger partial charge < -0.3 is 24.3 Å². The second kappa shape index (κ2) is 9.61. The monoisotopic (exact) mass is 465 g/mol. The second-order valence-electron chi connectivity index (χ2n) is 7.16. The second-order valence-corrected chi connectivity index (χ2v) is 7.16. The summed E-state index contributed by atoms with van der Waals surface area (Å²) in [5, 5.41) is 14.6. The Morgan fingerprint density at radius 1 is 1.03 bits per heavy atom. The van der Waals surface area contributed by atoms with E-state index in [-0.39, 0.29) is 22.8 Å². The third kappa shape index (κ3) is 4.03. The van der Waals surface area contributed by atoms with Crippen LogP contribution in [0.1, 0.15) is 28.9 Å². The summed E-state index contributed by atoms with van der Waals surface area (Å²) in [5.74, 6) is 0.542. The number of fused-ring (bicyclic) bond motifs is 1. The van der Waals surface area contributed by atoms with Crippen molar-refractivity contribution < 1.29 is 28.5 Å². The molecule has 0 bridgehead atoms. The zero-order chi connectivity index (χ0) is 24.2. The molecule has 1 aromatic heterocycles. The molecule has 0 amide bonds. The van der Waals surface area contributed by atoms with Crippen molar-refractivity contribution in [2.45, 2.75) is 13.0 Å². The van der Waals surface area contributed by atoms with Gasteiger partial charge in [0.1, 0.15) is 17.5 Å². The van der Waals surface area contributed by atoms with E-state index < -0.39 is 17.8 Å². The maximum Gasteiger partial charge on any atom is 0.355 e. The predicted octanol–water partition coefficient (Wildman–Crippen LogP) is 2.41. The summed E-state index contributed by atoms with van der Waals surface area (Å²) >= 11 is 0. The Hall–Kier alpha value is -4.41. The summed E-state index contributed by atoms with van der Waals surface area (Å²) in [4.78, 5) is 26.6. The van der Waals surface area contributed by atoms with Gasteiger partial charge >= 0.3 is 5.97 Å². The molecule has 0 unspecified atom stereocenters. The fourth-order valence-electron chi connectivity index (χ4n) is 3.74. The van der Waals surface area contributed by atoms with Crippen molar-refractivity contribution in [3.63, 3.8) is 0 Å². The van der Waals surface area contributed by atoms with E-state index in [1.807, 2.05) is 6.92 Å². The van der Waals surface area contributed by atoms with Crippen molar-refractivity contribution in [2.24, 2.45) is 0 Å². The average Bonchev–Trinajstić information content (AvgIpc) is 3.35. The van der Waals surface area contributed by atoms with Gasteiger partial charge in [0.15, 0.2) is 17.3 Å². The first-order chi connectivity index (χ1) is 16.5. The van der Waals surface area contributed by atoms with Crippen LogP contribution in [0.4, 0.5) is 5.95 Å². The van der Waals surface area contributed by atoms with Crippen molar-refractivity contribution >= 4 is 17.7 Å². The summed E-state index contributed by atoms with van der Waals surface area (Å²) in [6.07, 6.45) is 0. The van der Waals surface area contributed by atoms with Crippen molar-refractivity contribution in [3.8, 4) is 17.2 Å². The number of Topliss-reactive ketones (excluding diaryl/α,β-unsaturated/α-hetero) is 1. The maximum absolute atomic E-state index is 13.9. The molecule has 0 saturated heterocycles. The first-order valence-corrected chi connectivity index (χ1v) is 10.4. The number of carbonyl (C=O) groups excluding carboxylic acids is 2. The Balaban J connectivity index is 1.89. The number of methoxy groups -OCH3 is 3. The number of nitrogens with one attached hydrogen (secondary N) is 1. The van der Waals surface area contributed by atoms with E-state index in [0.717, 1.165) is 0 Å². The summed E-state index contributed by atoms with van der Waals surface area (Å²) in [7, 11) is 4.21. The van der Waals surface area contributed by atoms with Gasteiger partial charge in [0.2, 0.25) is 5.95 Å². The fraction of sp³-hybridized carbons (Fsp3) is 0.261. The van der Waals surface area contributed by atoms with E-state index in [0.29, 0.717) is 29.4 Å². The number of esters is 1. The van der Waals surface area contributed by atoms with Gasteiger partial charge in [-0.15, -0.1) is 0 Å². The standard InChI is InChI=1S/C23H23N5O6/c1-5-34-15-9-6-13(7-10-15)20-18(19(22(30)33-4)24-23-25-26-27-28(20)23)21(29)14-8-11-16(31-2)17(12-14)32-3/h6-12,20H,5H2,1-4H3,(H,24,25,27)/t20-/m1/s1. The number of allylic oxidation sites excluding steroid dienone is 1. The predicted molar refractivity (Wildman–Crippen MR) is 120 cm³/mol. The molecule has 1 aliphatic rings. The zero-order valence-electron chi connectivity index (χ0n) is 19.1. The van der Waals surface area contributed by atoms with Crippen LogP contribution >= 0.6 is 0 Å². The van der Waals surface area contributed by atoms with E-state index in [1.54, 1.807) is 42.5 Å². The van der Waals surface area contributed by atoms with Gasteiger partial charge in [0.05, 0.1) is 33.5 Å². The van der Waals surface area contributed by atoms with Gasteiger partial charge in [-0.25, -0.2) is 4.79 Å². The lowest BCUT2D eigenvalue weighted by Gasteiger charge is -2.28. The minimum absolute atomic E-state index is 0.0523. The highest BCUT2D eigenvalue weighted by molar-refractivity contribution is 6.15. The lowest BCUT2D eigenvalue weighted by Crippen LogP contribution is -2.33. The van der Waals surface area contributed by atoms with Crippen LogP contribution in [0, 0.1) is 0 Å². The van der Waals surface area contributed by atoms with Crippen LogP contribution in [0.2, 0.25) is 0 Å². The lowest BCUT2D eigenvalue weighted by atomic mass is 9.89. The third-order valence-electron chi connectivity index (χ3n) is 5.30. The van der Waals surface area contributed by atoms with Crippen LogP contribution in [0.15, 0.2) is 53.7 Å². The number of nitrogens with zero attached hydrogens (tertiary/aromatic N) is 4. The lowest BCUT2D eigenvalue weighted by molar-refractivity contribution is -0.136. The normalized spacial score (nSPS) is 14.6. The van der Waals surface area contributed by atoms with E-state index in [9.17, 15) is 9.59 Å². The van der Waals surface area contributed by atoms with Crippen molar-refractivity contribution in [1.82, 2.24) is 20.2 Å². The molecule has 0 saturated carbocycles. The highest BCUT2D eigenvalue weighted by Crippen LogP contribution is 2.38. The molecule has 0 fully saturated rings. The number of benzene rings is 2. The van der Waals surface area contributed by atoms with Crippen LogP contribution in [-0.2, 0) is 9.53 Å². The van der Waals surface area contributed by atoms with E-state index in [2.05, 4.69) is 20.8 Å².